The fourth-order valence-corrected chi connectivity index (χ4v) is 1.42. The van der Waals surface area contributed by atoms with Gasteiger partial charge in [0.15, 0.2) is 5.69 Å². The summed E-state index contributed by atoms with van der Waals surface area (Å²) in [5, 5.41) is 8.78. The number of esters is 1. The maximum Gasteiger partial charge on any atom is 0.356 e. The summed E-state index contributed by atoms with van der Waals surface area (Å²) in [6.45, 7) is 1.63. The van der Waals surface area contributed by atoms with E-state index in [9.17, 15) is 9.59 Å². The molecule has 88 valence electrons. The van der Waals surface area contributed by atoms with Crippen molar-refractivity contribution in [3.63, 3.8) is 0 Å². The molecule has 2 heterocycles. The van der Waals surface area contributed by atoms with Gasteiger partial charge in [0.05, 0.1) is 18.4 Å². The topological polar surface area (TPSA) is 93.8 Å². The predicted octanol–water partition coefficient (Wildman–Crippen LogP) is 0.523. The third-order valence-electron chi connectivity index (χ3n) is 2.26. The van der Waals surface area contributed by atoms with E-state index >= 15 is 0 Å². The third-order valence-corrected chi connectivity index (χ3v) is 2.26. The highest BCUT2D eigenvalue weighted by Crippen LogP contribution is 2.10. The van der Waals surface area contributed by atoms with Gasteiger partial charge >= 0.3 is 11.9 Å². The number of hydrogen-bond acceptors (Lipinski definition) is 5. The van der Waals surface area contributed by atoms with Crippen LogP contribution in [0.1, 0.15) is 26.5 Å². The first-order valence-corrected chi connectivity index (χ1v) is 4.71. The van der Waals surface area contributed by atoms with Crippen LogP contribution in [0.3, 0.4) is 0 Å². The number of aryl methyl sites for hydroxylation is 1. The minimum absolute atomic E-state index is 0.126. The Morgan fingerprint density at radius 1 is 1.35 bits per heavy atom. The van der Waals surface area contributed by atoms with Gasteiger partial charge in [-0.2, -0.15) is 0 Å². The van der Waals surface area contributed by atoms with Gasteiger partial charge in [0.1, 0.15) is 0 Å². The van der Waals surface area contributed by atoms with Crippen LogP contribution in [0.2, 0.25) is 0 Å². The van der Waals surface area contributed by atoms with E-state index in [4.69, 9.17) is 5.11 Å². The molecule has 2 rings (SSSR count). The predicted molar refractivity (Wildman–Crippen MR) is 56.0 cm³/mol. The van der Waals surface area contributed by atoms with Crippen LogP contribution in [0.25, 0.3) is 5.78 Å². The molecule has 0 radical (unpaired) electrons. The van der Waals surface area contributed by atoms with Crippen molar-refractivity contribution in [2.24, 2.45) is 0 Å². The highest BCUT2D eigenvalue weighted by molar-refractivity contribution is 5.90. The number of carbonyl (C=O) groups excluding carboxylic acids is 1. The van der Waals surface area contributed by atoms with Crippen LogP contribution in [0, 0.1) is 6.92 Å². The number of imidazole rings is 1. The normalized spacial score (nSPS) is 10.5. The van der Waals surface area contributed by atoms with E-state index in [0.29, 0.717) is 5.69 Å². The molecule has 0 aliphatic heterocycles. The van der Waals surface area contributed by atoms with E-state index in [2.05, 4.69) is 14.7 Å². The molecule has 0 bridgehead atoms. The Morgan fingerprint density at radius 3 is 2.65 bits per heavy atom. The lowest BCUT2D eigenvalue weighted by Gasteiger charge is -2.03. The van der Waals surface area contributed by atoms with Crippen LogP contribution in [0.4, 0.5) is 0 Å². The summed E-state index contributed by atoms with van der Waals surface area (Å²) in [6, 6.07) is 0. The number of hydrogen-bond donors (Lipinski definition) is 1. The lowest BCUT2D eigenvalue weighted by Crippen LogP contribution is -2.07. The third kappa shape index (κ3) is 1.82. The molecule has 2 aromatic heterocycles. The Balaban J connectivity index is 2.63. The molecule has 0 aliphatic carbocycles. The number of methoxy groups -OCH3 is 1. The van der Waals surface area contributed by atoms with Gasteiger partial charge in [0.25, 0.3) is 0 Å². The summed E-state index contributed by atoms with van der Waals surface area (Å²) in [5.41, 5.74) is 0.583. The average molecular weight is 235 g/mol. The fraction of sp³-hybridized carbons (Fsp3) is 0.200. The van der Waals surface area contributed by atoms with Crippen LogP contribution in [-0.4, -0.2) is 38.5 Å². The zero-order valence-corrected chi connectivity index (χ0v) is 9.17. The van der Waals surface area contributed by atoms with Crippen molar-refractivity contribution in [3.05, 3.63) is 29.3 Å². The van der Waals surface area contributed by atoms with Crippen molar-refractivity contribution in [1.29, 1.82) is 0 Å². The molecule has 7 heteroatoms. The molecule has 0 spiro atoms. The Morgan fingerprint density at radius 2 is 2.06 bits per heavy atom. The molecule has 0 fully saturated rings. The first kappa shape index (κ1) is 11.1. The molecule has 0 saturated heterocycles. The molecule has 7 nitrogen and oxygen atoms in total. The van der Waals surface area contributed by atoms with Crippen molar-refractivity contribution >= 4 is 17.7 Å². The van der Waals surface area contributed by atoms with Crippen molar-refractivity contribution in [2.45, 2.75) is 6.92 Å². The second-order valence-electron chi connectivity index (χ2n) is 3.37. The van der Waals surface area contributed by atoms with Gasteiger partial charge in [-0.05, 0) is 6.92 Å². The van der Waals surface area contributed by atoms with Crippen LogP contribution in [0.5, 0.6) is 0 Å². The van der Waals surface area contributed by atoms with Gasteiger partial charge < -0.3 is 9.84 Å². The van der Waals surface area contributed by atoms with Crippen LogP contribution in [0.15, 0.2) is 12.4 Å². The van der Waals surface area contributed by atoms with Crippen molar-refractivity contribution < 1.29 is 19.4 Å². The number of aromatic carboxylic acids is 1. The monoisotopic (exact) mass is 235 g/mol. The summed E-state index contributed by atoms with van der Waals surface area (Å²) in [6.07, 6.45) is 2.74. The Kier molecular flexibility index (Phi) is 2.51. The van der Waals surface area contributed by atoms with Gasteiger partial charge in [0.2, 0.25) is 5.78 Å². The lowest BCUT2D eigenvalue weighted by molar-refractivity contribution is 0.0598. The standard InChI is InChI=1S/C10H9N3O4/c1-5-6(9(16)17-2)3-13-4-7(8(14)15)12-10(13)11-5/h3-4H,1-2H3,(H,14,15). The quantitative estimate of drug-likeness (QED) is 0.763. The van der Waals surface area contributed by atoms with E-state index < -0.39 is 11.9 Å². The van der Waals surface area contributed by atoms with Gasteiger partial charge in [0, 0.05) is 12.4 Å². The SMILES string of the molecule is COC(=O)c1cn2cc(C(=O)O)nc2nc1C. The molecule has 0 atom stereocenters. The summed E-state index contributed by atoms with van der Waals surface area (Å²) >= 11 is 0. The van der Waals surface area contributed by atoms with E-state index in [-0.39, 0.29) is 17.0 Å². The number of ether oxygens (including phenoxy) is 1. The Hall–Kier alpha value is -2.44. The number of nitrogens with zero attached hydrogens (tertiary/aromatic N) is 3. The molecule has 17 heavy (non-hydrogen) atoms. The van der Waals surface area contributed by atoms with Crippen LogP contribution < -0.4 is 0 Å². The maximum absolute atomic E-state index is 11.4. The number of carboxylic acid groups (broad SMARTS) is 1. The molecular weight excluding hydrogens is 226 g/mol. The highest BCUT2D eigenvalue weighted by Gasteiger charge is 2.15. The fourth-order valence-electron chi connectivity index (χ4n) is 1.42. The summed E-state index contributed by atoms with van der Waals surface area (Å²) in [7, 11) is 1.27. The average Bonchev–Trinajstić information content (AvgIpc) is 2.69. The van der Waals surface area contributed by atoms with Gasteiger partial charge in [-0.1, -0.05) is 0 Å². The second-order valence-corrected chi connectivity index (χ2v) is 3.37. The van der Waals surface area contributed by atoms with E-state index in [0.717, 1.165) is 0 Å². The molecule has 0 aromatic carbocycles. The van der Waals surface area contributed by atoms with Crippen molar-refractivity contribution in [1.82, 2.24) is 14.4 Å². The molecule has 0 saturated carbocycles. The van der Waals surface area contributed by atoms with E-state index in [1.807, 2.05) is 0 Å². The summed E-state index contributed by atoms with van der Waals surface area (Å²) < 4.78 is 5.97. The first-order valence-electron chi connectivity index (χ1n) is 4.71. The van der Waals surface area contributed by atoms with Gasteiger partial charge in [-0.15, -0.1) is 0 Å². The summed E-state index contributed by atoms with van der Waals surface area (Å²) in [5.74, 6) is -1.44. The zero-order chi connectivity index (χ0) is 12.6. The molecule has 1 N–H and O–H groups in total. The lowest BCUT2D eigenvalue weighted by atomic mass is 10.2. The molecule has 0 unspecified atom stereocenters. The smallest absolute Gasteiger partial charge is 0.356 e. The zero-order valence-electron chi connectivity index (χ0n) is 9.17. The second kappa shape index (κ2) is 3.85. The number of carboxylic acids is 1. The van der Waals surface area contributed by atoms with E-state index in [1.165, 1.54) is 23.9 Å². The number of rotatable bonds is 2. The van der Waals surface area contributed by atoms with E-state index in [1.54, 1.807) is 6.92 Å². The molecule has 0 amide bonds. The number of aromatic nitrogens is 3. The molecular formula is C10H9N3O4. The van der Waals surface area contributed by atoms with Gasteiger partial charge in [-0.25, -0.2) is 19.6 Å². The van der Waals surface area contributed by atoms with Crippen LogP contribution in [-0.2, 0) is 4.74 Å². The Labute approximate surface area is 95.7 Å². The maximum atomic E-state index is 11.4. The van der Waals surface area contributed by atoms with Crippen molar-refractivity contribution in [3.8, 4) is 0 Å². The first-order chi connectivity index (χ1) is 8.02. The number of fused-ring (bicyclic) bond motifs is 1. The molecule has 0 aliphatic rings. The number of carbonyl (C=O) groups is 2. The summed E-state index contributed by atoms with van der Waals surface area (Å²) in [4.78, 5) is 30.0. The van der Waals surface area contributed by atoms with Crippen molar-refractivity contribution in [2.75, 3.05) is 7.11 Å². The largest absolute Gasteiger partial charge is 0.476 e. The van der Waals surface area contributed by atoms with Crippen LogP contribution >= 0.6 is 0 Å². The van der Waals surface area contributed by atoms with Gasteiger partial charge in [-0.3, -0.25) is 4.40 Å². The minimum Gasteiger partial charge on any atom is -0.476 e. The minimum atomic E-state index is -1.15. The Bertz CT molecular complexity index is 617. The highest BCUT2D eigenvalue weighted by atomic mass is 16.5. The molecule has 2 aromatic rings.